The Morgan fingerprint density at radius 2 is 1.57 bits per heavy atom. The first-order chi connectivity index (χ1) is 11.1. The molecule has 0 fully saturated rings. The molecule has 4 aromatic rings. The smallest absolute Gasteiger partial charge is 0.266 e. The Bertz CT molecular complexity index is 1180. The van der Waals surface area contributed by atoms with E-state index in [1.165, 1.54) is 0 Å². The van der Waals surface area contributed by atoms with Crippen molar-refractivity contribution in [3.8, 4) is 0 Å². The minimum atomic E-state index is -0.298. The van der Waals surface area contributed by atoms with Crippen LogP contribution < -0.4 is 11.0 Å². The standard InChI is InChI=1S/C19H15NO3/c1-11(2)20-14-9-5-3-7-12(14)18-16(19(20)22)17(21)13-8-4-6-10-15(13)23-18/h3-11H,1-2H3. The van der Waals surface area contributed by atoms with Gasteiger partial charge in [-0.05, 0) is 38.1 Å². The molecule has 0 radical (unpaired) electrons. The lowest BCUT2D eigenvalue weighted by Crippen LogP contribution is -2.26. The zero-order chi connectivity index (χ0) is 16.1. The third-order valence-electron chi connectivity index (χ3n) is 4.16. The molecular weight excluding hydrogens is 290 g/mol. The van der Waals surface area contributed by atoms with Crippen LogP contribution in [-0.2, 0) is 0 Å². The predicted octanol–water partition coefficient (Wildman–Crippen LogP) is 3.84. The number of fused-ring (bicyclic) bond motifs is 4. The van der Waals surface area contributed by atoms with E-state index in [1.54, 1.807) is 22.8 Å². The average Bonchev–Trinajstić information content (AvgIpc) is 2.54. The lowest BCUT2D eigenvalue weighted by molar-refractivity contribution is 0.600. The predicted molar refractivity (Wildman–Crippen MR) is 92.1 cm³/mol. The van der Waals surface area contributed by atoms with Crippen LogP contribution in [0.15, 0.2) is 62.5 Å². The summed E-state index contributed by atoms with van der Waals surface area (Å²) in [4.78, 5) is 25.8. The average molecular weight is 305 g/mol. The van der Waals surface area contributed by atoms with E-state index in [1.807, 2.05) is 44.2 Å². The second-order valence-electron chi connectivity index (χ2n) is 5.92. The fourth-order valence-corrected chi connectivity index (χ4v) is 3.14. The van der Waals surface area contributed by atoms with Gasteiger partial charge >= 0.3 is 0 Å². The molecule has 23 heavy (non-hydrogen) atoms. The quantitative estimate of drug-likeness (QED) is 0.396. The first-order valence-corrected chi connectivity index (χ1v) is 7.58. The highest BCUT2D eigenvalue weighted by molar-refractivity contribution is 6.04. The molecule has 0 saturated heterocycles. The van der Waals surface area contributed by atoms with E-state index in [9.17, 15) is 9.59 Å². The first kappa shape index (κ1) is 13.8. The second kappa shape index (κ2) is 4.81. The summed E-state index contributed by atoms with van der Waals surface area (Å²) in [6.45, 7) is 3.87. The highest BCUT2D eigenvalue weighted by atomic mass is 16.3. The summed E-state index contributed by atoms with van der Waals surface area (Å²) < 4.78 is 7.60. The maximum Gasteiger partial charge on any atom is 0.266 e. The Labute approximate surface area is 131 Å². The number of hydrogen-bond donors (Lipinski definition) is 0. The summed E-state index contributed by atoms with van der Waals surface area (Å²) in [5.74, 6) is 0. The third kappa shape index (κ3) is 1.84. The van der Waals surface area contributed by atoms with Gasteiger partial charge in [0.1, 0.15) is 11.0 Å². The summed E-state index contributed by atoms with van der Waals surface area (Å²) in [5.41, 5.74) is 1.07. The Balaban J connectivity index is 2.42. The lowest BCUT2D eigenvalue weighted by Gasteiger charge is -2.15. The van der Waals surface area contributed by atoms with Gasteiger partial charge < -0.3 is 8.98 Å². The first-order valence-electron chi connectivity index (χ1n) is 7.58. The van der Waals surface area contributed by atoms with Crippen LogP contribution in [0.25, 0.3) is 32.8 Å². The molecule has 4 nitrogen and oxygen atoms in total. The maximum atomic E-state index is 13.0. The monoisotopic (exact) mass is 305 g/mol. The van der Waals surface area contributed by atoms with E-state index in [0.29, 0.717) is 16.6 Å². The van der Waals surface area contributed by atoms with Gasteiger partial charge in [-0.2, -0.15) is 0 Å². The summed E-state index contributed by atoms with van der Waals surface area (Å²) in [5, 5.41) is 1.33. The molecule has 2 aromatic heterocycles. The van der Waals surface area contributed by atoms with Gasteiger partial charge in [0.15, 0.2) is 5.58 Å². The van der Waals surface area contributed by atoms with Gasteiger partial charge in [0.05, 0.1) is 10.9 Å². The molecule has 2 heterocycles. The van der Waals surface area contributed by atoms with Gasteiger partial charge in [-0.15, -0.1) is 0 Å². The van der Waals surface area contributed by atoms with Crippen molar-refractivity contribution in [1.82, 2.24) is 4.57 Å². The van der Waals surface area contributed by atoms with Crippen molar-refractivity contribution in [3.63, 3.8) is 0 Å². The van der Waals surface area contributed by atoms with Gasteiger partial charge in [0, 0.05) is 11.4 Å². The van der Waals surface area contributed by atoms with E-state index in [-0.39, 0.29) is 22.4 Å². The molecule has 4 heteroatoms. The van der Waals surface area contributed by atoms with E-state index >= 15 is 0 Å². The van der Waals surface area contributed by atoms with Crippen LogP contribution in [0.2, 0.25) is 0 Å². The number of aromatic nitrogens is 1. The second-order valence-corrected chi connectivity index (χ2v) is 5.92. The molecule has 0 N–H and O–H groups in total. The molecule has 0 aliphatic heterocycles. The number of nitrogens with zero attached hydrogens (tertiary/aromatic N) is 1. The fourth-order valence-electron chi connectivity index (χ4n) is 3.14. The van der Waals surface area contributed by atoms with E-state index in [2.05, 4.69) is 0 Å². The Morgan fingerprint density at radius 3 is 2.30 bits per heavy atom. The molecule has 0 saturated carbocycles. The minimum Gasteiger partial charge on any atom is -0.455 e. The van der Waals surface area contributed by atoms with E-state index < -0.39 is 0 Å². The van der Waals surface area contributed by atoms with Crippen molar-refractivity contribution < 1.29 is 4.42 Å². The molecule has 2 aromatic carbocycles. The topological polar surface area (TPSA) is 52.2 Å². The largest absolute Gasteiger partial charge is 0.455 e. The van der Waals surface area contributed by atoms with Gasteiger partial charge in [0.25, 0.3) is 5.56 Å². The van der Waals surface area contributed by atoms with Crippen LogP contribution >= 0.6 is 0 Å². The van der Waals surface area contributed by atoms with Crippen LogP contribution in [0.5, 0.6) is 0 Å². The molecule has 4 rings (SSSR count). The number of para-hydroxylation sites is 2. The van der Waals surface area contributed by atoms with Crippen LogP contribution in [0.3, 0.4) is 0 Å². The van der Waals surface area contributed by atoms with E-state index in [4.69, 9.17) is 4.42 Å². The number of rotatable bonds is 1. The molecule has 0 aliphatic carbocycles. The third-order valence-corrected chi connectivity index (χ3v) is 4.16. The van der Waals surface area contributed by atoms with Crippen molar-refractivity contribution >= 4 is 32.8 Å². The van der Waals surface area contributed by atoms with Gasteiger partial charge in [-0.3, -0.25) is 9.59 Å². The van der Waals surface area contributed by atoms with Gasteiger partial charge in [-0.1, -0.05) is 24.3 Å². The Hall–Kier alpha value is -2.88. The van der Waals surface area contributed by atoms with Gasteiger partial charge in [-0.25, -0.2) is 0 Å². The molecule has 0 unspecified atom stereocenters. The Kier molecular flexibility index (Phi) is 2.88. The molecule has 0 amide bonds. The van der Waals surface area contributed by atoms with Crippen molar-refractivity contribution in [2.45, 2.75) is 19.9 Å². The summed E-state index contributed by atoms with van der Waals surface area (Å²) in [6.07, 6.45) is 0. The molecule has 0 bridgehead atoms. The molecule has 0 spiro atoms. The van der Waals surface area contributed by atoms with Crippen LogP contribution in [0, 0.1) is 0 Å². The zero-order valence-electron chi connectivity index (χ0n) is 12.9. The number of hydrogen-bond acceptors (Lipinski definition) is 3. The van der Waals surface area contributed by atoms with Crippen LogP contribution in [0.1, 0.15) is 19.9 Å². The SMILES string of the molecule is CC(C)n1c(=O)c2c(=O)c3ccccc3oc2c2ccccc21. The zero-order valence-corrected chi connectivity index (χ0v) is 12.9. The van der Waals surface area contributed by atoms with Gasteiger partial charge in [0.2, 0.25) is 5.43 Å². The summed E-state index contributed by atoms with van der Waals surface area (Å²) >= 11 is 0. The molecule has 0 atom stereocenters. The van der Waals surface area contributed by atoms with Crippen molar-refractivity contribution in [2.75, 3.05) is 0 Å². The van der Waals surface area contributed by atoms with Crippen molar-refractivity contribution in [1.29, 1.82) is 0 Å². The summed E-state index contributed by atoms with van der Waals surface area (Å²) in [6, 6.07) is 14.5. The maximum absolute atomic E-state index is 13.0. The minimum absolute atomic E-state index is 0.0531. The molecule has 114 valence electrons. The molecule has 0 aliphatic rings. The molecular formula is C19H15NO3. The normalized spacial score (nSPS) is 11.8. The highest BCUT2D eigenvalue weighted by Gasteiger charge is 2.18. The highest BCUT2D eigenvalue weighted by Crippen LogP contribution is 2.25. The Morgan fingerprint density at radius 1 is 0.913 bits per heavy atom. The summed E-state index contributed by atoms with van der Waals surface area (Å²) in [7, 11) is 0. The van der Waals surface area contributed by atoms with Crippen LogP contribution in [-0.4, -0.2) is 4.57 Å². The number of pyridine rings is 1. The fraction of sp³-hybridized carbons (Fsp3) is 0.158. The van der Waals surface area contributed by atoms with Crippen LogP contribution in [0.4, 0.5) is 0 Å². The van der Waals surface area contributed by atoms with Crippen molar-refractivity contribution in [2.24, 2.45) is 0 Å². The lowest BCUT2D eigenvalue weighted by atomic mass is 10.1. The van der Waals surface area contributed by atoms with Crippen molar-refractivity contribution in [3.05, 3.63) is 69.1 Å². The number of benzene rings is 2. The van der Waals surface area contributed by atoms with E-state index in [0.717, 1.165) is 10.9 Å².